The van der Waals surface area contributed by atoms with Crippen molar-refractivity contribution < 1.29 is 28.7 Å². The van der Waals surface area contributed by atoms with E-state index in [-0.39, 0.29) is 35.5 Å². The van der Waals surface area contributed by atoms with Gasteiger partial charge in [-0.05, 0) is 30.7 Å². The maximum absolute atomic E-state index is 12.8. The Morgan fingerprint density at radius 2 is 1.97 bits per heavy atom. The van der Waals surface area contributed by atoms with Crippen LogP contribution in [-0.4, -0.2) is 65.3 Å². The molecular weight excluding hydrogens is 486 g/mol. The number of carbonyl (C=O) groups is 4. The third kappa shape index (κ3) is 5.20. The summed E-state index contributed by atoms with van der Waals surface area (Å²) in [7, 11) is 1.30. The predicted octanol–water partition coefficient (Wildman–Crippen LogP) is 3.02. The lowest BCUT2D eigenvalue weighted by Gasteiger charge is -2.44. The van der Waals surface area contributed by atoms with Gasteiger partial charge in [-0.15, -0.1) is 0 Å². The van der Waals surface area contributed by atoms with E-state index in [2.05, 4.69) is 20.7 Å². The average Bonchev–Trinajstić information content (AvgIpc) is 3.10. The minimum Gasteiger partial charge on any atom is -0.466 e. The Morgan fingerprint density at radius 3 is 2.61 bits per heavy atom. The van der Waals surface area contributed by atoms with Crippen LogP contribution in [0.15, 0.2) is 40.9 Å². The van der Waals surface area contributed by atoms with Gasteiger partial charge in [-0.25, -0.2) is 9.59 Å². The van der Waals surface area contributed by atoms with Crippen molar-refractivity contribution in [2.75, 3.05) is 19.5 Å². The molecule has 2 heterocycles. The maximum Gasteiger partial charge on any atom is 0.330 e. The zero-order valence-corrected chi connectivity index (χ0v) is 19.7. The van der Waals surface area contributed by atoms with Crippen molar-refractivity contribution in [3.63, 3.8) is 0 Å². The third-order valence-corrected chi connectivity index (χ3v) is 7.24. The van der Waals surface area contributed by atoms with Crippen LogP contribution < -0.4 is 0 Å². The summed E-state index contributed by atoms with van der Waals surface area (Å²) in [6.45, 7) is 1.64. The Hall–Kier alpha value is -2.13. The summed E-state index contributed by atoms with van der Waals surface area (Å²) in [5.74, 6) is -0.894. The number of rotatable bonds is 9. The van der Waals surface area contributed by atoms with E-state index in [1.54, 1.807) is 47.0 Å². The van der Waals surface area contributed by atoms with Crippen LogP contribution in [0.4, 0.5) is 0 Å². The quantitative estimate of drug-likeness (QED) is 0.218. The smallest absolute Gasteiger partial charge is 0.330 e. The second-order valence-corrected chi connectivity index (χ2v) is 9.72. The molecule has 7 nitrogen and oxygen atoms in total. The monoisotopic (exact) mass is 509 g/mol. The Kier molecular flexibility index (Phi) is 7.94. The van der Waals surface area contributed by atoms with Gasteiger partial charge in [0.1, 0.15) is 6.04 Å². The number of allylic oxidation sites excluding steroid dienone is 1. The van der Waals surface area contributed by atoms with E-state index in [4.69, 9.17) is 4.74 Å². The molecule has 0 spiro atoms. The second-order valence-electron chi connectivity index (χ2n) is 7.29. The van der Waals surface area contributed by atoms with Crippen molar-refractivity contribution in [1.29, 1.82) is 0 Å². The molecule has 1 aromatic rings. The Balaban J connectivity index is 1.62. The molecule has 1 aromatic carbocycles. The number of β-lactam (4-membered cyclic amide) rings is 1. The second kappa shape index (κ2) is 10.5. The number of fused-ring (bicyclic) bond motifs is 1. The molecule has 0 saturated carbocycles. The van der Waals surface area contributed by atoms with Crippen LogP contribution in [0.25, 0.3) is 0 Å². The van der Waals surface area contributed by atoms with Gasteiger partial charge in [-0.1, -0.05) is 41.1 Å². The van der Waals surface area contributed by atoms with Crippen molar-refractivity contribution >= 4 is 51.3 Å². The summed E-state index contributed by atoms with van der Waals surface area (Å²) in [6, 6.07) is 6.05. The van der Waals surface area contributed by atoms with E-state index >= 15 is 0 Å². The Labute approximate surface area is 193 Å². The summed E-state index contributed by atoms with van der Waals surface area (Å²) in [5, 5.41) is -0.0798. The average molecular weight is 510 g/mol. The van der Waals surface area contributed by atoms with E-state index in [1.165, 1.54) is 13.2 Å². The first kappa shape index (κ1) is 23.5. The van der Waals surface area contributed by atoms with E-state index in [0.717, 1.165) is 10.2 Å². The number of esters is 2. The molecule has 31 heavy (non-hydrogen) atoms. The highest BCUT2D eigenvalue weighted by Crippen LogP contribution is 2.45. The van der Waals surface area contributed by atoms with Crippen LogP contribution in [0.3, 0.4) is 0 Å². The van der Waals surface area contributed by atoms with Gasteiger partial charge in [-0.3, -0.25) is 9.59 Å². The molecule has 0 radical (unpaired) electrons. The maximum atomic E-state index is 12.8. The number of nitrogens with zero attached hydrogens (tertiary/aromatic N) is 1. The SMILES string of the molecule is CCSC1CC2C(CC=CC(=O)OC)C(=O)N2C1C(=O)OCC(=O)c1ccc(Br)cc1. The first-order chi connectivity index (χ1) is 14.9. The molecule has 4 atom stereocenters. The van der Waals surface area contributed by atoms with Crippen LogP contribution in [0, 0.1) is 5.92 Å². The molecule has 2 aliphatic rings. The van der Waals surface area contributed by atoms with Crippen molar-refractivity contribution in [2.24, 2.45) is 5.92 Å². The lowest BCUT2D eigenvalue weighted by atomic mass is 9.85. The van der Waals surface area contributed by atoms with Gasteiger partial charge in [-0.2, -0.15) is 11.8 Å². The topological polar surface area (TPSA) is 90.0 Å². The van der Waals surface area contributed by atoms with Crippen LogP contribution in [0.2, 0.25) is 0 Å². The van der Waals surface area contributed by atoms with Gasteiger partial charge in [0.2, 0.25) is 5.91 Å². The van der Waals surface area contributed by atoms with E-state index in [0.29, 0.717) is 18.4 Å². The highest BCUT2D eigenvalue weighted by molar-refractivity contribution is 9.10. The fourth-order valence-electron chi connectivity index (χ4n) is 4.02. The Morgan fingerprint density at radius 1 is 1.26 bits per heavy atom. The zero-order valence-electron chi connectivity index (χ0n) is 17.3. The molecule has 2 fully saturated rings. The van der Waals surface area contributed by atoms with Gasteiger partial charge >= 0.3 is 11.9 Å². The zero-order chi connectivity index (χ0) is 22.5. The van der Waals surface area contributed by atoms with Gasteiger partial charge in [0.05, 0.1) is 13.0 Å². The number of thioether (sulfide) groups is 1. The molecule has 0 aliphatic carbocycles. The molecule has 2 saturated heterocycles. The Bertz CT molecular complexity index is 886. The minimum absolute atomic E-state index is 0.0708. The van der Waals surface area contributed by atoms with Crippen LogP contribution in [0.5, 0.6) is 0 Å². The molecule has 3 rings (SSSR count). The number of methoxy groups -OCH3 is 1. The van der Waals surface area contributed by atoms with Crippen molar-refractivity contribution in [2.45, 2.75) is 37.1 Å². The molecule has 2 aliphatic heterocycles. The normalized spacial score (nSPS) is 24.6. The first-order valence-electron chi connectivity index (χ1n) is 10.0. The number of ether oxygens (including phenoxy) is 2. The standard InChI is InChI=1S/C22H24BrNO6S/c1-3-31-18-11-16-15(5-4-6-19(26)29-2)21(27)24(16)20(18)22(28)30-12-17(25)13-7-9-14(23)10-8-13/h4,6-10,15-16,18,20H,3,5,11-12H2,1-2H3. The number of ketones is 1. The van der Waals surface area contributed by atoms with Crippen molar-refractivity contribution in [3.8, 4) is 0 Å². The molecule has 4 unspecified atom stereocenters. The molecular formula is C22H24BrNO6S. The third-order valence-electron chi connectivity index (χ3n) is 5.50. The van der Waals surface area contributed by atoms with Crippen molar-refractivity contribution in [1.82, 2.24) is 4.90 Å². The summed E-state index contributed by atoms with van der Waals surface area (Å²) in [4.78, 5) is 50.7. The van der Waals surface area contributed by atoms with Gasteiger partial charge in [0, 0.05) is 27.4 Å². The predicted molar refractivity (Wildman–Crippen MR) is 120 cm³/mol. The molecule has 0 aromatic heterocycles. The first-order valence-corrected chi connectivity index (χ1v) is 11.8. The summed E-state index contributed by atoms with van der Waals surface area (Å²) in [5.41, 5.74) is 0.456. The molecule has 0 N–H and O–H groups in total. The molecule has 166 valence electrons. The number of carbonyl (C=O) groups excluding carboxylic acids is 4. The van der Waals surface area contributed by atoms with Crippen LogP contribution in [-0.2, 0) is 23.9 Å². The van der Waals surface area contributed by atoms with E-state index < -0.39 is 18.0 Å². The number of Topliss-reactive ketones (excluding diaryl/α,β-unsaturated/α-hetero) is 1. The molecule has 0 bridgehead atoms. The summed E-state index contributed by atoms with van der Waals surface area (Å²) < 4.78 is 10.7. The number of benzene rings is 1. The highest BCUT2D eigenvalue weighted by atomic mass is 79.9. The number of amides is 1. The van der Waals surface area contributed by atoms with Gasteiger partial charge < -0.3 is 14.4 Å². The van der Waals surface area contributed by atoms with Crippen LogP contribution in [0.1, 0.15) is 30.1 Å². The number of hydrogen-bond donors (Lipinski definition) is 0. The summed E-state index contributed by atoms with van der Waals surface area (Å²) in [6.07, 6.45) is 4.04. The van der Waals surface area contributed by atoms with Gasteiger partial charge in [0.15, 0.2) is 12.4 Å². The summed E-state index contributed by atoms with van der Waals surface area (Å²) >= 11 is 4.93. The molecule has 1 amide bonds. The lowest BCUT2D eigenvalue weighted by molar-refractivity contribution is -0.165. The molecule has 9 heteroatoms. The number of hydrogen-bond acceptors (Lipinski definition) is 7. The van der Waals surface area contributed by atoms with E-state index in [9.17, 15) is 19.2 Å². The fraction of sp³-hybridized carbons (Fsp3) is 0.455. The number of halogens is 1. The lowest BCUT2D eigenvalue weighted by Crippen LogP contribution is -2.62. The fourth-order valence-corrected chi connectivity index (χ4v) is 5.47. The van der Waals surface area contributed by atoms with Crippen molar-refractivity contribution in [3.05, 3.63) is 46.5 Å². The van der Waals surface area contributed by atoms with Crippen LogP contribution >= 0.6 is 27.7 Å². The minimum atomic E-state index is -0.694. The van der Waals surface area contributed by atoms with E-state index in [1.807, 2.05) is 6.92 Å². The van der Waals surface area contributed by atoms with Gasteiger partial charge in [0.25, 0.3) is 0 Å². The largest absolute Gasteiger partial charge is 0.466 e. The highest BCUT2D eigenvalue weighted by Gasteiger charge is 2.59.